The van der Waals surface area contributed by atoms with E-state index in [2.05, 4.69) is 20.0 Å². The number of hydrogen-bond donors (Lipinski definition) is 1. The fourth-order valence-corrected chi connectivity index (χ4v) is 2.54. The lowest BCUT2D eigenvalue weighted by molar-refractivity contribution is -0.144. The SMILES string of the molecule is Cn1cc(S(=O)(=O)NCC(=O)OCc2nc(C(C)(C)C)no2)cn1. The third kappa shape index (κ3) is 4.61. The minimum Gasteiger partial charge on any atom is -0.455 e. The molecule has 0 saturated heterocycles. The zero-order valence-corrected chi connectivity index (χ0v) is 14.6. The molecule has 11 heteroatoms. The van der Waals surface area contributed by atoms with Crippen molar-refractivity contribution in [1.82, 2.24) is 24.6 Å². The number of nitrogens with one attached hydrogen (secondary N) is 1. The predicted octanol–water partition coefficient (Wildman–Crippen LogP) is 0.122. The van der Waals surface area contributed by atoms with E-state index in [9.17, 15) is 13.2 Å². The van der Waals surface area contributed by atoms with Gasteiger partial charge < -0.3 is 9.26 Å². The van der Waals surface area contributed by atoms with Crippen molar-refractivity contribution < 1.29 is 22.5 Å². The molecule has 0 aliphatic rings. The molecule has 0 bridgehead atoms. The lowest BCUT2D eigenvalue weighted by Gasteiger charge is -2.10. The number of ether oxygens (including phenoxy) is 1. The van der Waals surface area contributed by atoms with E-state index in [1.54, 1.807) is 7.05 Å². The highest BCUT2D eigenvalue weighted by atomic mass is 32.2. The van der Waals surface area contributed by atoms with Gasteiger partial charge in [-0.15, -0.1) is 0 Å². The molecule has 24 heavy (non-hydrogen) atoms. The van der Waals surface area contributed by atoms with Crippen molar-refractivity contribution >= 4 is 16.0 Å². The summed E-state index contributed by atoms with van der Waals surface area (Å²) in [6.45, 7) is 5.01. The van der Waals surface area contributed by atoms with Gasteiger partial charge in [0.25, 0.3) is 5.89 Å². The molecule has 0 aliphatic heterocycles. The first-order valence-corrected chi connectivity index (χ1v) is 8.53. The maximum absolute atomic E-state index is 11.9. The minimum atomic E-state index is -3.82. The second-order valence-electron chi connectivity index (χ2n) is 6.10. The highest BCUT2D eigenvalue weighted by molar-refractivity contribution is 7.89. The predicted molar refractivity (Wildman–Crippen MR) is 81.2 cm³/mol. The van der Waals surface area contributed by atoms with Crippen molar-refractivity contribution in [2.45, 2.75) is 37.7 Å². The van der Waals surface area contributed by atoms with Crippen LogP contribution in [-0.4, -0.2) is 40.9 Å². The topological polar surface area (TPSA) is 129 Å². The first-order chi connectivity index (χ1) is 11.1. The fraction of sp³-hybridized carbons (Fsp3) is 0.538. The molecule has 0 amide bonds. The van der Waals surface area contributed by atoms with Crippen LogP contribution in [0, 0.1) is 0 Å². The summed E-state index contributed by atoms with van der Waals surface area (Å²) in [5.41, 5.74) is -0.287. The number of esters is 1. The Kier molecular flexibility index (Phi) is 5.04. The van der Waals surface area contributed by atoms with Gasteiger partial charge in [-0.1, -0.05) is 25.9 Å². The Labute approximate surface area is 139 Å². The summed E-state index contributed by atoms with van der Waals surface area (Å²) in [6.07, 6.45) is 2.50. The zero-order valence-electron chi connectivity index (χ0n) is 13.8. The molecule has 0 radical (unpaired) electrons. The first-order valence-electron chi connectivity index (χ1n) is 7.05. The summed E-state index contributed by atoms with van der Waals surface area (Å²) in [5.74, 6) is -0.132. The second kappa shape index (κ2) is 6.69. The summed E-state index contributed by atoms with van der Waals surface area (Å²) in [7, 11) is -2.23. The number of rotatable bonds is 6. The average Bonchev–Trinajstić information content (AvgIpc) is 3.11. The van der Waals surface area contributed by atoms with Gasteiger partial charge >= 0.3 is 5.97 Å². The Morgan fingerprint density at radius 1 is 1.42 bits per heavy atom. The highest BCUT2D eigenvalue weighted by Crippen LogP contribution is 2.18. The van der Waals surface area contributed by atoms with Crippen LogP contribution in [-0.2, 0) is 38.6 Å². The van der Waals surface area contributed by atoms with Crippen molar-refractivity contribution in [3.63, 3.8) is 0 Å². The standard InChI is InChI=1S/C13H19N5O5S/c1-13(2,3)12-16-10(23-17-12)8-22-11(19)6-15-24(20,21)9-5-14-18(4)7-9/h5,7,15H,6,8H2,1-4H3. The van der Waals surface area contributed by atoms with E-state index >= 15 is 0 Å². The number of aromatic nitrogens is 4. The molecule has 1 N–H and O–H groups in total. The number of sulfonamides is 1. The molecule has 0 atom stereocenters. The molecule has 0 aromatic carbocycles. The molecule has 0 fully saturated rings. The maximum atomic E-state index is 11.9. The fourth-order valence-electron chi connectivity index (χ4n) is 1.59. The van der Waals surface area contributed by atoms with E-state index < -0.39 is 22.5 Å². The van der Waals surface area contributed by atoms with Gasteiger partial charge in [-0.2, -0.15) is 14.8 Å². The van der Waals surface area contributed by atoms with Gasteiger partial charge in [0.15, 0.2) is 12.4 Å². The molecule has 132 valence electrons. The first kappa shape index (κ1) is 18.1. The highest BCUT2D eigenvalue weighted by Gasteiger charge is 2.22. The number of carbonyl (C=O) groups excluding carboxylic acids is 1. The molecule has 0 spiro atoms. The Morgan fingerprint density at radius 2 is 2.12 bits per heavy atom. The summed E-state index contributed by atoms with van der Waals surface area (Å²) < 4.78 is 37.2. The Balaban J connectivity index is 1.84. The maximum Gasteiger partial charge on any atom is 0.321 e. The minimum absolute atomic E-state index is 0.0375. The van der Waals surface area contributed by atoms with Gasteiger partial charge in [-0.3, -0.25) is 9.48 Å². The molecule has 10 nitrogen and oxygen atoms in total. The van der Waals surface area contributed by atoms with Gasteiger partial charge in [0, 0.05) is 18.7 Å². The molecular weight excluding hydrogens is 338 g/mol. The lowest BCUT2D eigenvalue weighted by atomic mass is 9.96. The molecule has 0 aliphatic carbocycles. The van der Waals surface area contributed by atoms with Gasteiger partial charge in [-0.05, 0) is 0 Å². The van der Waals surface area contributed by atoms with Gasteiger partial charge in [0.1, 0.15) is 11.4 Å². The van der Waals surface area contributed by atoms with E-state index in [1.807, 2.05) is 20.8 Å². The number of hydrogen-bond acceptors (Lipinski definition) is 8. The zero-order chi connectivity index (χ0) is 18.0. The monoisotopic (exact) mass is 357 g/mol. The lowest BCUT2D eigenvalue weighted by Crippen LogP contribution is -2.30. The molecule has 2 heterocycles. The molecule has 0 unspecified atom stereocenters. The largest absolute Gasteiger partial charge is 0.455 e. The van der Waals surface area contributed by atoms with Crippen LogP contribution in [0.15, 0.2) is 21.8 Å². The van der Waals surface area contributed by atoms with Gasteiger partial charge in [0.05, 0.1) is 6.20 Å². The van der Waals surface area contributed by atoms with E-state index in [0.717, 1.165) is 0 Å². The number of aryl methyl sites for hydroxylation is 1. The summed E-state index contributed by atoms with van der Waals surface area (Å²) in [6, 6.07) is 0. The normalized spacial score (nSPS) is 12.3. The van der Waals surface area contributed by atoms with Gasteiger partial charge in [0.2, 0.25) is 10.0 Å². The van der Waals surface area contributed by atoms with Crippen LogP contribution in [0.25, 0.3) is 0 Å². The van der Waals surface area contributed by atoms with Crippen LogP contribution in [0.3, 0.4) is 0 Å². The van der Waals surface area contributed by atoms with E-state index in [-0.39, 0.29) is 22.8 Å². The van der Waals surface area contributed by atoms with Crippen LogP contribution in [0.5, 0.6) is 0 Å². The van der Waals surface area contributed by atoms with Crippen LogP contribution >= 0.6 is 0 Å². The smallest absolute Gasteiger partial charge is 0.321 e. The van der Waals surface area contributed by atoms with E-state index in [1.165, 1.54) is 17.1 Å². The second-order valence-corrected chi connectivity index (χ2v) is 7.86. The Morgan fingerprint density at radius 3 is 2.67 bits per heavy atom. The third-order valence-corrected chi connectivity index (χ3v) is 4.25. The molecule has 2 aromatic heterocycles. The summed E-state index contributed by atoms with van der Waals surface area (Å²) in [5, 5.41) is 7.56. The van der Waals surface area contributed by atoms with E-state index in [0.29, 0.717) is 5.82 Å². The van der Waals surface area contributed by atoms with Crippen molar-refractivity contribution in [3.05, 3.63) is 24.1 Å². The average molecular weight is 357 g/mol. The van der Waals surface area contributed by atoms with Crippen LogP contribution in [0.2, 0.25) is 0 Å². The Bertz CT molecular complexity index is 818. The summed E-state index contributed by atoms with van der Waals surface area (Å²) >= 11 is 0. The van der Waals surface area contributed by atoms with Crippen molar-refractivity contribution in [3.8, 4) is 0 Å². The van der Waals surface area contributed by atoms with Crippen molar-refractivity contribution in [1.29, 1.82) is 0 Å². The number of carbonyl (C=O) groups is 1. The van der Waals surface area contributed by atoms with Gasteiger partial charge in [-0.25, -0.2) is 8.42 Å². The third-order valence-electron chi connectivity index (χ3n) is 2.89. The molecule has 2 rings (SSSR count). The van der Waals surface area contributed by atoms with Crippen LogP contribution < -0.4 is 4.72 Å². The molecular formula is C13H19N5O5S. The number of nitrogens with zero attached hydrogens (tertiary/aromatic N) is 4. The molecule has 2 aromatic rings. The summed E-state index contributed by atoms with van der Waals surface area (Å²) in [4.78, 5) is 15.7. The van der Waals surface area contributed by atoms with Crippen LogP contribution in [0.4, 0.5) is 0 Å². The molecule has 0 saturated carbocycles. The van der Waals surface area contributed by atoms with Crippen molar-refractivity contribution in [2.24, 2.45) is 7.05 Å². The van der Waals surface area contributed by atoms with Crippen LogP contribution in [0.1, 0.15) is 32.5 Å². The quantitative estimate of drug-likeness (QED) is 0.722. The Hall–Kier alpha value is -2.27. The van der Waals surface area contributed by atoms with E-state index in [4.69, 9.17) is 9.26 Å². The van der Waals surface area contributed by atoms with Crippen molar-refractivity contribution in [2.75, 3.05) is 6.54 Å².